The number of amides is 1. The predicted molar refractivity (Wildman–Crippen MR) is 91.4 cm³/mol. The third-order valence-corrected chi connectivity index (χ3v) is 5.69. The van der Waals surface area contributed by atoms with Gasteiger partial charge in [-0.05, 0) is 31.2 Å². The molecule has 0 saturated carbocycles. The minimum atomic E-state index is -4.02. The van der Waals surface area contributed by atoms with Crippen molar-refractivity contribution in [3.63, 3.8) is 0 Å². The number of nitrogens with two attached hydrogens (primary N) is 1. The van der Waals surface area contributed by atoms with Crippen LogP contribution in [0.15, 0.2) is 47.4 Å². The zero-order valence-corrected chi connectivity index (χ0v) is 14.5. The Kier molecular flexibility index (Phi) is 5.19. The lowest BCUT2D eigenvalue weighted by Gasteiger charge is -2.24. The van der Waals surface area contributed by atoms with Crippen molar-refractivity contribution < 1.29 is 13.2 Å². The van der Waals surface area contributed by atoms with Crippen molar-refractivity contribution in [3.8, 4) is 0 Å². The molecule has 5 nitrogen and oxygen atoms in total. The van der Waals surface area contributed by atoms with Crippen molar-refractivity contribution in [1.82, 2.24) is 0 Å². The molecule has 0 bridgehead atoms. The molecule has 2 aromatic rings. The molecule has 0 aliphatic heterocycles. The first-order chi connectivity index (χ1) is 10.7. The van der Waals surface area contributed by atoms with E-state index in [0.29, 0.717) is 0 Å². The summed E-state index contributed by atoms with van der Waals surface area (Å²) in [5.74, 6) is -0.809. The molecule has 2 aromatic carbocycles. The average molecular weight is 373 g/mol. The summed E-state index contributed by atoms with van der Waals surface area (Å²) in [4.78, 5) is 11.4. The molecule has 23 heavy (non-hydrogen) atoms. The third kappa shape index (κ3) is 3.77. The second-order valence-electron chi connectivity index (χ2n) is 4.86. The van der Waals surface area contributed by atoms with Crippen LogP contribution in [0.5, 0.6) is 0 Å². The average Bonchev–Trinajstić information content (AvgIpc) is 2.48. The lowest BCUT2D eigenvalue weighted by atomic mass is 10.2. The summed E-state index contributed by atoms with van der Waals surface area (Å²) in [6, 6.07) is 10.8. The molecule has 1 amide bonds. The van der Waals surface area contributed by atoms with Crippen LogP contribution >= 0.6 is 23.2 Å². The number of sulfonamides is 1. The lowest BCUT2D eigenvalue weighted by molar-refractivity contribution is -0.116. The molecule has 2 N–H and O–H groups in total. The van der Waals surface area contributed by atoms with Gasteiger partial charge in [0, 0.05) is 0 Å². The van der Waals surface area contributed by atoms with Crippen molar-refractivity contribution in [2.45, 2.75) is 11.8 Å². The molecule has 2 rings (SSSR count). The van der Waals surface area contributed by atoms with Crippen LogP contribution in [0.4, 0.5) is 5.69 Å². The summed E-state index contributed by atoms with van der Waals surface area (Å²) in [6.45, 7) is 1.29. The van der Waals surface area contributed by atoms with E-state index in [2.05, 4.69) is 0 Å². The fourth-order valence-electron chi connectivity index (χ4n) is 1.96. The van der Waals surface area contributed by atoms with Crippen molar-refractivity contribution in [1.29, 1.82) is 0 Å². The second kappa shape index (κ2) is 6.78. The highest BCUT2D eigenvalue weighted by molar-refractivity contribution is 7.92. The van der Waals surface area contributed by atoms with Crippen LogP contribution in [0.2, 0.25) is 10.0 Å². The smallest absolute Gasteiger partial charge is 0.264 e. The quantitative estimate of drug-likeness (QED) is 0.875. The minimum Gasteiger partial charge on any atom is -0.368 e. The van der Waals surface area contributed by atoms with E-state index in [1.54, 1.807) is 18.2 Å². The highest BCUT2D eigenvalue weighted by Gasteiger charge is 2.28. The first-order valence-corrected chi connectivity index (χ1v) is 8.75. The number of primary amides is 1. The van der Waals surface area contributed by atoms with Gasteiger partial charge in [0.15, 0.2) is 0 Å². The molecular formula is C15H14Cl2N2O3S. The number of carbonyl (C=O) groups is 1. The maximum atomic E-state index is 12.9. The van der Waals surface area contributed by atoms with E-state index in [1.165, 1.54) is 24.3 Å². The normalized spacial score (nSPS) is 11.3. The molecule has 0 spiro atoms. The van der Waals surface area contributed by atoms with Crippen LogP contribution in [-0.2, 0) is 14.8 Å². The number of halogens is 2. The van der Waals surface area contributed by atoms with Crippen LogP contribution in [0.1, 0.15) is 5.56 Å². The van der Waals surface area contributed by atoms with Crippen LogP contribution in [0, 0.1) is 6.92 Å². The van der Waals surface area contributed by atoms with Crippen LogP contribution in [-0.4, -0.2) is 20.9 Å². The molecule has 0 fully saturated rings. The Labute approximate surface area is 144 Å². The first-order valence-electron chi connectivity index (χ1n) is 6.55. The fourth-order valence-corrected chi connectivity index (χ4v) is 3.85. The molecule has 0 radical (unpaired) electrons. The predicted octanol–water partition coefficient (Wildman–Crippen LogP) is 2.98. The van der Waals surface area contributed by atoms with Gasteiger partial charge in [-0.3, -0.25) is 9.10 Å². The Morgan fingerprint density at radius 3 is 2.30 bits per heavy atom. The number of rotatable bonds is 5. The van der Waals surface area contributed by atoms with E-state index >= 15 is 0 Å². The van der Waals surface area contributed by atoms with E-state index in [1.807, 2.05) is 6.92 Å². The highest BCUT2D eigenvalue weighted by atomic mass is 35.5. The highest BCUT2D eigenvalue weighted by Crippen LogP contribution is 2.35. The van der Waals surface area contributed by atoms with Gasteiger partial charge in [-0.2, -0.15) is 0 Å². The zero-order chi connectivity index (χ0) is 17.2. The van der Waals surface area contributed by atoms with Gasteiger partial charge >= 0.3 is 0 Å². The minimum absolute atomic E-state index is 0.0281. The molecule has 0 atom stereocenters. The Bertz CT molecular complexity index is 836. The number of anilines is 1. The molecule has 122 valence electrons. The molecule has 0 unspecified atom stereocenters. The molecule has 0 aromatic heterocycles. The van der Waals surface area contributed by atoms with Crippen molar-refractivity contribution in [2.75, 3.05) is 10.8 Å². The van der Waals surface area contributed by atoms with Gasteiger partial charge in [-0.25, -0.2) is 8.42 Å². The van der Waals surface area contributed by atoms with Crippen LogP contribution in [0.3, 0.4) is 0 Å². The van der Waals surface area contributed by atoms with Crippen molar-refractivity contribution in [3.05, 3.63) is 58.1 Å². The SMILES string of the molecule is Cc1ccc(S(=O)(=O)N(CC(N)=O)c2cccc(Cl)c2Cl)cc1. The number of carbonyl (C=O) groups excluding carboxylic acids is 1. The van der Waals surface area contributed by atoms with E-state index in [0.717, 1.165) is 9.87 Å². The molecular weight excluding hydrogens is 359 g/mol. The maximum absolute atomic E-state index is 12.9. The van der Waals surface area contributed by atoms with E-state index in [-0.39, 0.29) is 20.6 Å². The second-order valence-corrected chi connectivity index (χ2v) is 7.51. The van der Waals surface area contributed by atoms with E-state index in [4.69, 9.17) is 28.9 Å². The number of hydrogen-bond donors (Lipinski definition) is 1. The third-order valence-electron chi connectivity index (χ3n) is 3.11. The molecule has 0 heterocycles. The fraction of sp³-hybridized carbons (Fsp3) is 0.133. The summed E-state index contributed by atoms with van der Waals surface area (Å²) in [5.41, 5.74) is 6.20. The maximum Gasteiger partial charge on any atom is 0.264 e. The van der Waals surface area contributed by atoms with Crippen molar-refractivity contribution in [2.24, 2.45) is 5.73 Å². The summed E-state index contributed by atoms with van der Waals surface area (Å²) >= 11 is 12.0. The molecule has 0 aliphatic rings. The first kappa shape index (κ1) is 17.6. The lowest BCUT2D eigenvalue weighted by Crippen LogP contribution is -2.38. The van der Waals surface area contributed by atoms with Gasteiger partial charge in [0.2, 0.25) is 5.91 Å². The summed E-state index contributed by atoms with van der Waals surface area (Å²) in [7, 11) is -4.02. The topological polar surface area (TPSA) is 80.5 Å². The summed E-state index contributed by atoms with van der Waals surface area (Å²) in [5, 5.41) is 0.212. The van der Waals surface area contributed by atoms with Crippen LogP contribution < -0.4 is 10.0 Å². The zero-order valence-electron chi connectivity index (χ0n) is 12.2. The Morgan fingerprint density at radius 2 is 1.74 bits per heavy atom. The Hall–Kier alpha value is -1.76. The van der Waals surface area contributed by atoms with Crippen LogP contribution in [0.25, 0.3) is 0 Å². The molecule has 8 heteroatoms. The number of benzene rings is 2. The monoisotopic (exact) mass is 372 g/mol. The van der Waals surface area contributed by atoms with Gasteiger partial charge in [0.1, 0.15) is 6.54 Å². The number of aryl methyl sites for hydroxylation is 1. The Balaban J connectivity index is 2.60. The summed E-state index contributed by atoms with van der Waals surface area (Å²) in [6.07, 6.45) is 0. The largest absolute Gasteiger partial charge is 0.368 e. The van der Waals surface area contributed by atoms with Gasteiger partial charge in [0.05, 0.1) is 20.6 Å². The van der Waals surface area contributed by atoms with Gasteiger partial charge < -0.3 is 5.73 Å². The van der Waals surface area contributed by atoms with E-state index < -0.39 is 22.5 Å². The Morgan fingerprint density at radius 1 is 1.13 bits per heavy atom. The summed E-state index contributed by atoms with van der Waals surface area (Å²) < 4.78 is 26.6. The number of hydrogen-bond acceptors (Lipinski definition) is 3. The molecule has 0 aliphatic carbocycles. The number of nitrogens with zero attached hydrogens (tertiary/aromatic N) is 1. The molecule has 0 saturated heterocycles. The van der Waals surface area contributed by atoms with Gasteiger partial charge in [-0.15, -0.1) is 0 Å². The standard InChI is InChI=1S/C15H14Cl2N2O3S/c1-10-5-7-11(8-6-10)23(21,22)19(9-14(18)20)13-4-2-3-12(16)15(13)17/h2-8H,9H2,1H3,(H2,18,20). The van der Waals surface area contributed by atoms with Gasteiger partial charge in [0.25, 0.3) is 10.0 Å². The van der Waals surface area contributed by atoms with Crippen molar-refractivity contribution >= 4 is 44.8 Å². The van der Waals surface area contributed by atoms with Gasteiger partial charge in [-0.1, -0.05) is 47.0 Å². The van der Waals surface area contributed by atoms with E-state index in [9.17, 15) is 13.2 Å².